The number of piperazine rings is 1. The van der Waals surface area contributed by atoms with Crippen molar-refractivity contribution in [1.82, 2.24) is 19.9 Å². The average Bonchev–Trinajstić information content (AvgIpc) is 2.85. The molecule has 4 heterocycles. The number of fused-ring (bicyclic) bond motifs is 1. The number of benzene rings is 1. The van der Waals surface area contributed by atoms with E-state index in [9.17, 15) is 23.1 Å². The van der Waals surface area contributed by atoms with Crippen LogP contribution in [0.25, 0.3) is 22.2 Å². The van der Waals surface area contributed by atoms with Crippen LogP contribution in [0.4, 0.5) is 23.4 Å². The van der Waals surface area contributed by atoms with Gasteiger partial charge >= 0.3 is 12.2 Å². The Balaban J connectivity index is 1.65. The van der Waals surface area contributed by atoms with Gasteiger partial charge in [-0.3, -0.25) is 9.78 Å². The number of rotatable bonds is 4. The summed E-state index contributed by atoms with van der Waals surface area (Å²) in [6.07, 6.45) is -2.58. The van der Waals surface area contributed by atoms with Crippen LogP contribution in [0.3, 0.4) is 0 Å². The molecule has 38 heavy (non-hydrogen) atoms. The Morgan fingerprint density at radius 2 is 2.03 bits per heavy atom. The number of aromatic hydroxyl groups is 1. The monoisotopic (exact) mass is 553 g/mol. The smallest absolute Gasteiger partial charge is 0.418 e. The van der Waals surface area contributed by atoms with Crippen molar-refractivity contribution in [2.24, 2.45) is 0 Å². The molecule has 2 aromatic heterocycles. The summed E-state index contributed by atoms with van der Waals surface area (Å²) in [6, 6.07) is 1.23. The van der Waals surface area contributed by atoms with Crippen LogP contribution in [-0.2, 0) is 15.7 Å². The second-order valence-corrected chi connectivity index (χ2v) is 9.30. The number of alkyl halides is 3. The van der Waals surface area contributed by atoms with Crippen LogP contribution in [0.2, 0.25) is 5.02 Å². The van der Waals surface area contributed by atoms with Crippen molar-refractivity contribution in [3.05, 3.63) is 47.4 Å². The lowest BCUT2D eigenvalue weighted by Crippen LogP contribution is -2.72. The second-order valence-electron chi connectivity index (χ2n) is 8.90. The fraction of sp³-hybridized carbons (Fsp3) is 0.333. The van der Waals surface area contributed by atoms with Gasteiger partial charge in [-0.25, -0.2) is 4.39 Å². The molecule has 2 aliphatic heterocycles. The van der Waals surface area contributed by atoms with E-state index < -0.39 is 45.1 Å². The van der Waals surface area contributed by atoms with Gasteiger partial charge in [0.1, 0.15) is 28.3 Å². The Labute approximate surface area is 218 Å². The summed E-state index contributed by atoms with van der Waals surface area (Å²) in [6.45, 7) is 4.99. The maximum absolute atomic E-state index is 15.9. The predicted molar refractivity (Wildman–Crippen MR) is 129 cm³/mol. The number of carbonyl (C=O) groups is 1. The minimum Gasteiger partial charge on any atom is -0.508 e. The molecule has 1 amide bonds. The van der Waals surface area contributed by atoms with Crippen LogP contribution in [0, 0.1) is 5.82 Å². The number of hydrogen-bond acceptors (Lipinski definition) is 8. The third-order valence-electron chi connectivity index (χ3n) is 6.57. The van der Waals surface area contributed by atoms with Gasteiger partial charge in [-0.15, -0.1) is 0 Å². The number of phenolic OH excluding ortho intramolecular Hbond substituents is 1. The largest absolute Gasteiger partial charge is 0.508 e. The van der Waals surface area contributed by atoms with Crippen LogP contribution in [0.15, 0.2) is 31.0 Å². The first kappa shape index (κ1) is 25.9. The molecule has 0 aliphatic carbocycles. The molecule has 2 fully saturated rings. The molecule has 3 aromatic rings. The number of hydrogen-bond donors (Lipinski definition) is 1. The number of ether oxygens (including phenoxy) is 2. The fourth-order valence-electron chi connectivity index (χ4n) is 4.81. The molecule has 9 nitrogen and oxygen atoms in total. The molecule has 1 aromatic carbocycles. The first-order chi connectivity index (χ1) is 18.0. The van der Waals surface area contributed by atoms with Crippen LogP contribution in [0.1, 0.15) is 5.56 Å². The number of phenols is 1. The number of nitrogens with zero attached hydrogens (tertiary/aromatic N) is 5. The maximum Gasteiger partial charge on any atom is 0.418 e. The van der Waals surface area contributed by atoms with Gasteiger partial charge in [-0.05, 0) is 18.2 Å². The highest BCUT2D eigenvalue weighted by Gasteiger charge is 2.50. The molecule has 0 unspecified atom stereocenters. The molecule has 2 saturated heterocycles. The van der Waals surface area contributed by atoms with E-state index >= 15 is 4.39 Å². The Hall–Kier alpha value is -3.71. The minimum absolute atomic E-state index is 0.116. The van der Waals surface area contributed by atoms with Gasteiger partial charge in [0.05, 0.1) is 36.3 Å². The summed E-state index contributed by atoms with van der Waals surface area (Å²) >= 11 is 5.78. The molecular formula is C24H20ClF4N5O4. The third kappa shape index (κ3) is 4.15. The van der Waals surface area contributed by atoms with Gasteiger partial charge in [-0.2, -0.15) is 23.1 Å². The van der Waals surface area contributed by atoms with Crippen LogP contribution >= 0.6 is 11.6 Å². The van der Waals surface area contributed by atoms with Gasteiger partial charge < -0.3 is 24.4 Å². The van der Waals surface area contributed by atoms with Crippen molar-refractivity contribution in [3.8, 4) is 23.0 Å². The van der Waals surface area contributed by atoms with Crippen molar-refractivity contribution in [3.63, 3.8) is 0 Å². The standard InChI is InChI=1S/C24H20ClF4N5O4/c1-3-16(36)34-5-4-33(9-23(34)10-38-11-23)21-14-8-30-19(18(26)20(14)31-22(32-21)37-2)13-6-12(35)7-15(25)17(13)24(27,28)29/h3,6-8,35H,1,4-5,9-11H2,2H3. The highest BCUT2D eigenvalue weighted by Crippen LogP contribution is 2.44. The summed E-state index contributed by atoms with van der Waals surface area (Å²) in [7, 11) is 1.27. The number of aromatic nitrogens is 3. The van der Waals surface area contributed by atoms with E-state index in [0.29, 0.717) is 19.2 Å². The maximum atomic E-state index is 15.9. The number of anilines is 1. The summed E-state index contributed by atoms with van der Waals surface area (Å²) in [5, 5.41) is 9.21. The van der Waals surface area contributed by atoms with Gasteiger partial charge in [0.25, 0.3) is 0 Å². The van der Waals surface area contributed by atoms with Crippen molar-refractivity contribution < 1.29 is 36.9 Å². The number of carbonyl (C=O) groups excluding carboxylic acids is 1. The van der Waals surface area contributed by atoms with E-state index in [1.807, 2.05) is 0 Å². The van der Waals surface area contributed by atoms with Crippen LogP contribution in [0.5, 0.6) is 11.8 Å². The Kier molecular flexibility index (Phi) is 6.30. The molecule has 0 radical (unpaired) electrons. The molecule has 0 bridgehead atoms. The Morgan fingerprint density at radius 3 is 2.63 bits per heavy atom. The van der Waals surface area contributed by atoms with E-state index in [-0.39, 0.29) is 48.4 Å². The second kappa shape index (κ2) is 9.24. The lowest BCUT2D eigenvalue weighted by atomic mass is 9.91. The van der Waals surface area contributed by atoms with E-state index in [1.54, 1.807) is 9.80 Å². The zero-order valence-electron chi connectivity index (χ0n) is 19.8. The first-order valence-electron chi connectivity index (χ1n) is 11.3. The minimum atomic E-state index is -4.96. The number of amides is 1. The molecule has 5 rings (SSSR count). The zero-order chi connectivity index (χ0) is 27.4. The Bertz CT molecular complexity index is 1460. The van der Waals surface area contributed by atoms with Crippen LogP contribution < -0.4 is 9.64 Å². The number of halogens is 5. The molecular weight excluding hydrogens is 534 g/mol. The van der Waals surface area contributed by atoms with E-state index in [0.717, 1.165) is 12.3 Å². The SMILES string of the molecule is C=CC(=O)N1CCN(c2nc(OC)nc3c(F)c(-c4cc(O)cc(Cl)c4C(F)(F)F)ncc23)CC12COC2. The van der Waals surface area contributed by atoms with Crippen molar-refractivity contribution in [2.45, 2.75) is 11.7 Å². The zero-order valence-corrected chi connectivity index (χ0v) is 20.6. The average molecular weight is 554 g/mol. The van der Waals surface area contributed by atoms with Crippen molar-refractivity contribution >= 4 is 34.2 Å². The first-order valence-corrected chi connectivity index (χ1v) is 11.6. The molecule has 0 saturated carbocycles. The number of methoxy groups -OCH3 is 1. The molecule has 200 valence electrons. The quantitative estimate of drug-likeness (QED) is 0.384. The van der Waals surface area contributed by atoms with Crippen molar-refractivity contribution in [1.29, 1.82) is 0 Å². The lowest BCUT2D eigenvalue weighted by Gasteiger charge is -2.55. The van der Waals surface area contributed by atoms with Crippen LogP contribution in [-0.4, -0.2) is 76.4 Å². The van der Waals surface area contributed by atoms with E-state index in [1.165, 1.54) is 13.2 Å². The van der Waals surface area contributed by atoms with Crippen molar-refractivity contribution in [2.75, 3.05) is 44.9 Å². The van der Waals surface area contributed by atoms with Gasteiger partial charge in [0.2, 0.25) is 5.91 Å². The summed E-state index contributed by atoms with van der Waals surface area (Å²) in [5.41, 5.74) is -3.80. The highest BCUT2D eigenvalue weighted by atomic mass is 35.5. The summed E-state index contributed by atoms with van der Waals surface area (Å²) < 4.78 is 67.9. The van der Waals surface area contributed by atoms with Gasteiger partial charge in [0.15, 0.2) is 5.82 Å². The fourth-order valence-corrected chi connectivity index (χ4v) is 5.13. The summed E-state index contributed by atoms with van der Waals surface area (Å²) in [4.78, 5) is 28.3. The third-order valence-corrected chi connectivity index (χ3v) is 6.87. The Morgan fingerprint density at radius 1 is 1.29 bits per heavy atom. The van der Waals surface area contributed by atoms with Gasteiger partial charge in [0, 0.05) is 31.4 Å². The van der Waals surface area contributed by atoms with E-state index in [2.05, 4.69) is 21.5 Å². The topological polar surface area (TPSA) is 101 Å². The lowest BCUT2D eigenvalue weighted by molar-refractivity contribution is -0.164. The van der Waals surface area contributed by atoms with E-state index in [4.69, 9.17) is 21.1 Å². The predicted octanol–water partition coefficient (Wildman–Crippen LogP) is 3.82. The molecule has 1 spiro atoms. The molecule has 2 aliphatic rings. The molecule has 14 heteroatoms. The molecule has 1 N–H and O–H groups in total. The van der Waals surface area contributed by atoms with Gasteiger partial charge in [-0.1, -0.05) is 18.2 Å². The molecule has 0 atom stereocenters. The normalized spacial score (nSPS) is 17.0. The highest BCUT2D eigenvalue weighted by molar-refractivity contribution is 6.32. The number of pyridine rings is 1. The summed E-state index contributed by atoms with van der Waals surface area (Å²) in [5.74, 6) is -1.80.